The third-order valence-electron chi connectivity index (χ3n) is 1.58. The zero-order valence-electron chi connectivity index (χ0n) is 7.52. The number of hydrogen-bond donors (Lipinski definition) is 2. The number of phenols is 1. The molecule has 2 aliphatic rings. The molecule has 0 atom stereocenters. The molecule has 0 saturated carbocycles. The molecular weight excluding hydrogens is 172 g/mol. The van der Waals surface area contributed by atoms with Crippen LogP contribution in [0.25, 0.3) is 11.1 Å². The van der Waals surface area contributed by atoms with Gasteiger partial charge in [-0.15, -0.1) is 0 Å². The average Bonchev–Trinajstić information content (AvgIpc) is 2.86. The molecule has 0 radical (unpaired) electrons. The predicted molar refractivity (Wildman–Crippen MR) is 47.1 cm³/mol. The molecule has 0 aliphatic heterocycles. The van der Waals surface area contributed by atoms with Crippen LogP contribution < -0.4 is 5.84 Å². The van der Waals surface area contributed by atoms with Crippen molar-refractivity contribution in [2.45, 2.75) is 0 Å². The van der Waals surface area contributed by atoms with Gasteiger partial charge in [-0.3, -0.25) is 9.68 Å². The fourth-order valence-electron chi connectivity index (χ4n) is 0.812. The van der Waals surface area contributed by atoms with Gasteiger partial charge in [-0.05, 0) is 17.7 Å². The highest BCUT2D eigenvalue weighted by atomic mass is 17.0. The van der Waals surface area contributed by atoms with Gasteiger partial charge in [0.2, 0.25) is 0 Å². The minimum Gasteiger partial charge on any atom is -0.507 e. The quantitative estimate of drug-likeness (QED) is 0.530. The number of aromatic hydroxyl groups is 1. The van der Waals surface area contributed by atoms with E-state index < -0.39 is 0 Å². The first kappa shape index (κ1) is 9.94. The number of hydrazine groups is 1. The smallest absolute Gasteiger partial charge is 0.123 e. The number of nitrogens with zero attached hydrogens (tertiary/aromatic N) is 1. The van der Waals surface area contributed by atoms with Crippen molar-refractivity contribution in [3.05, 3.63) is 18.2 Å². The van der Waals surface area contributed by atoms with E-state index in [0.717, 1.165) is 10.9 Å². The second kappa shape index (κ2) is 4.20. The molecule has 0 fully saturated rings. The highest BCUT2D eigenvalue weighted by Gasteiger charge is 2.15. The Labute approximate surface area is 76.2 Å². The van der Waals surface area contributed by atoms with Gasteiger partial charge >= 0.3 is 0 Å². The second-order valence-corrected chi connectivity index (χ2v) is 2.38. The number of hydrogen-bond acceptors (Lipinski definition) is 5. The molecule has 72 valence electrons. The number of fused-ring (bicyclic) bond motifs is 1. The molecule has 0 spiro atoms. The monoisotopic (exact) mass is 184 g/mol. The lowest BCUT2D eigenvalue weighted by Gasteiger charge is -2.05. The topological polar surface area (TPSA) is 68.0 Å². The Kier molecular flexibility index (Phi) is 3.21. The highest BCUT2D eigenvalue weighted by Crippen LogP contribution is 2.42. The molecule has 3 N–H and O–H groups in total. The Bertz CT molecular complexity index is 287. The van der Waals surface area contributed by atoms with E-state index >= 15 is 0 Å². The lowest BCUT2D eigenvalue weighted by molar-refractivity contribution is -0.346. The molecule has 0 aromatic heterocycles. The van der Waals surface area contributed by atoms with Crippen molar-refractivity contribution in [2.24, 2.45) is 5.84 Å². The lowest BCUT2D eigenvalue weighted by Crippen LogP contribution is -2.27. The normalized spacial score (nSPS) is 10.8. The number of phenolic OH excluding ortho intramolecular Hbond substituents is 1. The largest absolute Gasteiger partial charge is 0.507 e. The van der Waals surface area contributed by atoms with Crippen LogP contribution in [0.3, 0.4) is 0 Å². The average molecular weight is 184 g/mol. The summed E-state index contributed by atoms with van der Waals surface area (Å²) in [6.07, 6.45) is 0. The number of rotatable bonds is 2. The summed E-state index contributed by atoms with van der Waals surface area (Å²) in [5.41, 5.74) is 2.22. The van der Waals surface area contributed by atoms with Crippen LogP contribution in [0.15, 0.2) is 18.2 Å². The molecule has 0 aromatic carbocycles. The van der Waals surface area contributed by atoms with Crippen molar-refractivity contribution >= 4 is 0 Å². The van der Waals surface area contributed by atoms with Crippen LogP contribution in [0.4, 0.5) is 0 Å². The van der Waals surface area contributed by atoms with Crippen LogP contribution in [0, 0.1) is 0 Å². The Hall–Kier alpha value is -1.14. The summed E-state index contributed by atoms with van der Waals surface area (Å²) in [4.78, 5) is 8.58. The third kappa shape index (κ3) is 2.67. The van der Waals surface area contributed by atoms with Gasteiger partial charge in [0.15, 0.2) is 0 Å². The van der Waals surface area contributed by atoms with Crippen molar-refractivity contribution in [1.82, 2.24) is 5.34 Å². The molecular formula is C8H12N2O3. The van der Waals surface area contributed by atoms with Gasteiger partial charge in [-0.25, -0.2) is 5.84 Å². The molecule has 0 saturated heterocycles. The van der Waals surface area contributed by atoms with Crippen molar-refractivity contribution in [2.75, 3.05) is 14.2 Å². The SMILES string of the molecule is CON(N)OC.Oc1ccc2cc1-2. The summed E-state index contributed by atoms with van der Waals surface area (Å²) < 4.78 is 0. The number of nitrogens with two attached hydrogens (primary N) is 1. The van der Waals surface area contributed by atoms with E-state index in [9.17, 15) is 0 Å². The molecule has 0 unspecified atom stereocenters. The Morgan fingerprint density at radius 2 is 1.92 bits per heavy atom. The highest BCUT2D eigenvalue weighted by molar-refractivity contribution is 5.86. The summed E-state index contributed by atoms with van der Waals surface area (Å²) in [7, 11) is 2.81. The number of benzene rings is 1. The summed E-state index contributed by atoms with van der Waals surface area (Å²) >= 11 is 0. The minimum absolute atomic E-state index is 0.426. The van der Waals surface area contributed by atoms with Gasteiger partial charge in [0, 0.05) is 10.9 Å². The Balaban J connectivity index is 0.000000133. The molecule has 13 heavy (non-hydrogen) atoms. The van der Waals surface area contributed by atoms with Gasteiger partial charge in [0.05, 0.1) is 14.2 Å². The fraction of sp³-hybridized carbons (Fsp3) is 0.250. The Morgan fingerprint density at radius 1 is 1.31 bits per heavy atom. The van der Waals surface area contributed by atoms with Gasteiger partial charge in [-0.2, -0.15) is 0 Å². The Morgan fingerprint density at radius 3 is 2.00 bits per heavy atom. The standard InChI is InChI=1S/C6H4O.C2H8N2O2/c7-6-2-1-4-3-5(4)6;1-5-4(3)6-2/h1-3,7H;3H2,1-2H3. The van der Waals surface area contributed by atoms with E-state index in [1.165, 1.54) is 19.8 Å². The molecule has 0 amide bonds. The maximum atomic E-state index is 8.78. The molecule has 2 aliphatic carbocycles. The van der Waals surface area contributed by atoms with Gasteiger partial charge < -0.3 is 5.11 Å². The zero-order valence-corrected chi connectivity index (χ0v) is 7.52. The van der Waals surface area contributed by atoms with Gasteiger partial charge in [0.1, 0.15) is 5.75 Å². The summed E-state index contributed by atoms with van der Waals surface area (Å²) in [6.45, 7) is 0. The van der Waals surface area contributed by atoms with E-state index in [1.54, 1.807) is 6.07 Å². The summed E-state index contributed by atoms with van der Waals surface area (Å²) in [6, 6.07) is 5.57. The van der Waals surface area contributed by atoms with Gasteiger partial charge in [0.25, 0.3) is 0 Å². The van der Waals surface area contributed by atoms with Crippen molar-refractivity contribution in [3.8, 4) is 16.9 Å². The van der Waals surface area contributed by atoms with Crippen LogP contribution >= 0.6 is 0 Å². The first-order valence-corrected chi connectivity index (χ1v) is 3.65. The summed E-state index contributed by atoms with van der Waals surface area (Å²) in [5, 5.41) is 9.53. The maximum absolute atomic E-state index is 8.78. The van der Waals surface area contributed by atoms with Crippen LogP contribution in [-0.2, 0) is 9.68 Å². The zero-order chi connectivity index (χ0) is 9.84. The molecule has 5 heteroatoms. The van der Waals surface area contributed by atoms with E-state index in [1.807, 2.05) is 12.1 Å². The second-order valence-electron chi connectivity index (χ2n) is 2.38. The third-order valence-corrected chi connectivity index (χ3v) is 1.58. The van der Waals surface area contributed by atoms with Crippen LogP contribution in [-0.4, -0.2) is 24.7 Å². The fourth-order valence-corrected chi connectivity index (χ4v) is 0.812. The van der Waals surface area contributed by atoms with E-state index in [-0.39, 0.29) is 0 Å². The minimum atomic E-state index is 0.426. The lowest BCUT2D eigenvalue weighted by atomic mass is 10.5. The van der Waals surface area contributed by atoms with Crippen molar-refractivity contribution < 1.29 is 14.8 Å². The first-order valence-electron chi connectivity index (χ1n) is 3.65. The molecule has 0 aromatic rings. The molecule has 0 heterocycles. The van der Waals surface area contributed by atoms with Crippen molar-refractivity contribution in [1.29, 1.82) is 0 Å². The van der Waals surface area contributed by atoms with E-state index in [0.29, 0.717) is 5.75 Å². The van der Waals surface area contributed by atoms with Crippen LogP contribution in [0.1, 0.15) is 0 Å². The maximum Gasteiger partial charge on any atom is 0.123 e. The van der Waals surface area contributed by atoms with Crippen LogP contribution in [0.2, 0.25) is 0 Å². The first-order chi connectivity index (χ1) is 6.19. The predicted octanol–water partition coefficient (Wildman–Crippen LogP) is 0.657. The van der Waals surface area contributed by atoms with E-state index in [2.05, 4.69) is 9.68 Å². The summed E-state index contributed by atoms with van der Waals surface area (Å²) in [5.74, 6) is 5.29. The molecule has 5 nitrogen and oxygen atoms in total. The molecule has 2 rings (SSSR count). The van der Waals surface area contributed by atoms with Crippen LogP contribution in [0.5, 0.6) is 5.75 Å². The van der Waals surface area contributed by atoms with Gasteiger partial charge in [-0.1, -0.05) is 6.07 Å². The van der Waals surface area contributed by atoms with Crippen molar-refractivity contribution in [3.63, 3.8) is 0 Å². The van der Waals surface area contributed by atoms with E-state index in [4.69, 9.17) is 10.9 Å². The molecule has 0 bridgehead atoms.